The highest BCUT2D eigenvalue weighted by molar-refractivity contribution is 6.33. The Morgan fingerprint density at radius 2 is 1.95 bits per heavy atom. The summed E-state index contributed by atoms with van der Waals surface area (Å²) in [5, 5.41) is 6.48. The molecule has 0 aliphatic rings. The molecule has 0 aliphatic heterocycles. The molecular weight excluding hydrogens is 274 g/mol. The molecule has 1 aromatic heterocycles. The lowest BCUT2D eigenvalue weighted by molar-refractivity contribution is 0.0963. The van der Waals surface area contributed by atoms with Crippen LogP contribution in [0.25, 0.3) is 0 Å². The summed E-state index contributed by atoms with van der Waals surface area (Å²) in [6.45, 7) is 2.03. The number of anilines is 1. The molecule has 2 N–H and O–H groups in total. The van der Waals surface area contributed by atoms with E-state index in [0.29, 0.717) is 10.6 Å². The van der Waals surface area contributed by atoms with Crippen molar-refractivity contribution in [2.45, 2.75) is 13.0 Å². The first-order chi connectivity index (χ1) is 9.61. The number of hydrogen-bond donors (Lipinski definition) is 2. The van der Waals surface area contributed by atoms with Crippen LogP contribution in [0, 0.1) is 0 Å². The number of rotatable bonds is 4. The van der Waals surface area contributed by atoms with Crippen molar-refractivity contribution in [1.29, 1.82) is 0 Å². The molecule has 1 amide bonds. The molecule has 20 heavy (non-hydrogen) atoms. The summed E-state index contributed by atoms with van der Waals surface area (Å²) >= 11 is 6.17. The maximum absolute atomic E-state index is 11.6. The van der Waals surface area contributed by atoms with Gasteiger partial charge in [-0.3, -0.25) is 9.78 Å². The number of halogens is 1. The SMILES string of the molecule is CNC(=O)c1ccc(Cl)c(NC(C)c2ccncc2)c1. The second-order valence-corrected chi connectivity index (χ2v) is 4.83. The molecule has 5 heteroatoms. The topological polar surface area (TPSA) is 54.0 Å². The molecule has 2 rings (SSSR count). The van der Waals surface area contributed by atoms with Gasteiger partial charge < -0.3 is 10.6 Å². The molecule has 104 valence electrons. The Labute approximate surface area is 123 Å². The van der Waals surface area contributed by atoms with Crippen molar-refractivity contribution in [3.63, 3.8) is 0 Å². The van der Waals surface area contributed by atoms with Crippen molar-refractivity contribution >= 4 is 23.2 Å². The average Bonchev–Trinajstić information content (AvgIpc) is 2.49. The van der Waals surface area contributed by atoms with Gasteiger partial charge in [0.1, 0.15) is 0 Å². The van der Waals surface area contributed by atoms with Crippen LogP contribution in [-0.2, 0) is 0 Å². The van der Waals surface area contributed by atoms with E-state index >= 15 is 0 Å². The van der Waals surface area contributed by atoms with Crippen LogP contribution in [0.3, 0.4) is 0 Å². The summed E-state index contributed by atoms with van der Waals surface area (Å²) in [6.07, 6.45) is 3.49. The average molecular weight is 290 g/mol. The molecule has 1 unspecified atom stereocenters. The minimum Gasteiger partial charge on any atom is -0.377 e. The lowest BCUT2D eigenvalue weighted by Gasteiger charge is -2.17. The fourth-order valence-corrected chi connectivity index (χ4v) is 2.06. The summed E-state index contributed by atoms with van der Waals surface area (Å²) in [5.41, 5.74) is 2.40. The van der Waals surface area contributed by atoms with E-state index in [1.165, 1.54) is 0 Å². The highest BCUT2D eigenvalue weighted by atomic mass is 35.5. The third-order valence-electron chi connectivity index (χ3n) is 3.03. The number of pyridine rings is 1. The zero-order valence-electron chi connectivity index (χ0n) is 11.4. The monoisotopic (exact) mass is 289 g/mol. The fourth-order valence-electron chi connectivity index (χ4n) is 1.89. The lowest BCUT2D eigenvalue weighted by Crippen LogP contribution is -2.18. The second-order valence-electron chi connectivity index (χ2n) is 4.42. The van der Waals surface area contributed by atoms with Crippen molar-refractivity contribution in [3.05, 3.63) is 58.9 Å². The van der Waals surface area contributed by atoms with Crippen LogP contribution in [0.2, 0.25) is 5.02 Å². The first kappa shape index (κ1) is 14.3. The van der Waals surface area contributed by atoms with Crippen molar-refractivity contribution < 1.29 is 4.79 Å². The Kier molecular flexibility index (Phi) is 4.58. The van der Waals surface area contributed by atoms with E-state index < -0.39 is 0 Å². The van der Waals surface area contributed by atoms with Crippen molar-refractivity contribution in [2.24, 2.45) is 0 Å². The molecule has 1 aromatic carbocycles. The summed E-state index contributed by atoms with van der Waals surface area (Å²) in [7, 11) is 1.60. The predicted octanol–water partition coefficient (Wildman–Crippen LogP) is 3.27. The number of carbonyl (C=O) groups excluding carboxylic acids is 1. The Morgan fingerprint density at radius 3 is 2.60 bits per heavy atom. The van der Waals surface area contributed by atoms with Crippen LogP contribution in [0.4, 0.5) is 5.69 Å². The molecule has 0 saturated carbocycles. The number of carbonyl (C=O) groups is 1. The molecule has 1 heterocycles. The van der Waals surface area contributed by atoms with Crippen LogP contribution < -0.4 is 10.6 Å². The zero-order chi connectivity index (χ0) is 14.5. The number of amides is 1. The van der Waals surface area contributed by atoms with Gasteiger partial charge in [-0.15, -0.1) is 0 Å². The van der Waals surface area contributed by atoms with E-state index in [9.17, 15) is 4.79 Å². The van der Waals surface area contributed by atoms with Crippen molar-refractivity contribution in [2.75, 3.05) is 12.4 Å². The Balaban J connectivity index is 2.22. The van der Waals surface area contributed by atoms with Gasteiger partial charge in [-0.25, -0.2) is 0 Å². The largest absolute Gasteiger partial charge is 0.377 e. The van der Waals surface area contributed by atoms with Crippen LogP contribution in [-0.4, -0.2) is 17.9 Å². The quantitative estimate of drug-likeness (QED) is 0.908. The Bertz CT molecular complexity index is 601. The van der Waals surface area contributed by atoms with Crippen LogP contribution in [0.1, 0.15) is 28.9 Å². The molecule has 0 fully saturated rings. The van der Waals surface area contributed by atoms with E-state index in [1.807, 2.05) is 19.1 Å². The van der Waals surface area contributed by atoms with Gasteiger partial charge in [-0.05, 0) is 42.8 Å². The molecule has 0 saturated heterocycles. The second kappa shape index (κ2) is 6.39. The third kappa shape index (κ3) is 3.27. The lowest BCUT2D eigenvalue weighted by atomic mass is 10.1. The van der Waals surface area contributed by atoms with Gasteiger partial charge in [-0.1, -0.05) is 11.6 Å². The molecule has 0 spiro atoms. The minimum absolute atomic E-state index is 0.0652. The first-order valence-electron chi connectivity index (χ1n) is 6.30. The molecule has 0 radical (unpaired) electrons. The van der Waals surface area contributed by atoms with E-state index in [2.05, 4.69) is 15.6 Å². The number of hydrogen-bond acceptors (Lipinski definition) is 3. The van der Waals surface area contributed by atoms with Crippen LogP contribution >= 0.6 is 11.6 Å². The molecule has 0 bridgehead atoms. The Hall–Kier alpha value is -2.07. The standard InChI is InChI=1S/C15H16ClN3O/c1-10(11-5-7-18-8-6-11)19-14-9-12(15(20)17-2)3-4-13(14)16/h3-10,19H,1-2H3,(H,17,20). The predicted molar refractivity (Wildman–Crippen MR) is 81.1 cm³/mol. The molecule has 4 nitrogen and oxygen atoms in total. The number of nitrogens with one attached hydrogen (secondary N) is 2. The number of benzene rings is 1. The van der Waals surface area contributed by atoms with E-state index in [1.54, 1.807) is 37.6 Å². The summed E-state index contributed by atoms with van der Waals surface area (Å²) in [4.78, 5) is 15.6. The third-order valence-corrected chi connectivity index (χ3v) is 3.36. The van der Waals surface area contributed by atoms with Gasteiger partial charge >= 0.3 is 0 Å². The minimum atomic E-state index is -0.138. The zero-order valence-corrected chi connectivity index (χ0v) is 12.1. The smallest absolute Gasteiger partial charge is 0.251 e. The maximum atomic E-state index is 11.6. The van der Waals surface area contributed by atoms with Crippen LogP contribution in [0.5, 0.6) is 0 Å². The molecular formula is C15H16ClN3O. The normalized spacial score (nSPS) is 11.8. The van der Waals surface area contributed by atoms with Crippen molar-refractivity contribution in [3.8, 4) is 0 Å². The van der Waals surface area contributed by atoms with Gasteiger partial charge in [0.25, 0.3) is 5.91 Å². The van der Waals surface area contributed by atoms with Crippen LogP contribution in [0.15, 0.2) is 42.7 Å². The highest BCUT2D eigenvalue weighted by Crippen LogP contribution is 2.27. The summed E-state index contributed by atoms with van der Waals surface area (Å²) in [5.74, 6) is -0.138. The van der Waals surface area contributed by atoms with Gasteiger partial charge in [0.2, 0.25) is 0 Å². The molecule has 2 aromatic rings. The maximum Gasteiger partial charge on any atom is 0.251 e. The number of nitrogens with zero attached hydrogens (tertiary/aromatic N) is 1. The first-order valence-corrected chi connectivity index (χ1v) is 6.67. The number of aromatic nitrogens is 1. The van der Waals surface area contributed by atoms with E-state index in [0.717, 1.165) is 11.3 Å². The summed E-state index contributed by atoms with van der Waals surface area (Å²) in [6, 6.07) is 9.11. The van der Waals surface area contributed by atoms with Gasteiger partial charge in [0.15, 0.2) is 0 Å². The van der Waals surface area contributed by atoms with Gasteiger partial charge in [0, 0.05) is 31.0 Å². The van der Waals surface area contributed by atoms with E-state index in [4.69, 9.17) is 11.6 Å². The molecule has 0 aliphatic carbocycles. The van der Waals surface area contributed by atoms with Crippen molar-refractivity contribution in [1.82, 2.24) is 10.3 Å². The molecule has 1 atom stereocenters. The van der Waals surface area contributed by atoms with Gasteiger partial charge in [0.05, 0.1) is 10.7 Å². The highest BCUT2D eigenvalue weighted by Gasteiger charge is 2.10. The Morgan fingerprint density at radius 1 is 1.25 bits per heavy atom. The van der Waals surface area contributed by atoms with Gasteiger partial charge in [-0.2, -0.15) is 0 Å². The fraction of sp³-hybridized carbons (Fsp3) is 0.200. The summed E-state index contributed by atoms with van der Waals surface area (Å²) < 4.78 is 0. The van der Waals surface area contributed by atoms with E-state index in [-0.39, 0.29) is 11.9 Å².